The fourth-order valence-corrected chi connectivity index (χ4v) is 6.39. The van der Waals surface area contributed by atoms with Crippen LogP contribution in [0.15, 0.2) is 0 Å². The van der Waals surface area contributed by atoms with Crippen molar-refractivity contribution >= 4 is 16.4 Å². The van der Waals surface area contributed by atoms with E-state index in [-0.39, 0.29) is 16.4 Å². The molecule has 0 rings (SSSR count). The number of hydrogen-bond acceptors (Lipinski definition) is 4. The van der Waals surface area contributed by atoms with Gasteiger partial charge in [-0.05, 0) is 29.6 Å². The number of rotatable bonds is 14. The van der Waals surface area contributed by atoms with E-state index in [0.29, 0.717) is 18.8 Å². The van der Waals surface area contributed by atoms with Crippen molar-refractivity contribution < 1.29 is 18.9 Å². The summed E-state index contributed by atoms with van der Waals surface area (Å²) in [4.78, 5) is 6.20. The molecule has 2 atom stereocenters. The van der Waals surface area contributed by atoms with Crippen molar-refractivity contribution in [3.8, 4) is 0 Å². The predicted octanol–water partition coefficient (Wildman–Crippen LogP) is 7.78. The van der Waals surface area contributed by atoms with Crippen LogP contribution >= 0.6 is 0 Å². The smallest absolute Gasteiger partial charge is 0.238 e. The van der Waals surface area contributed by atoms with E-state index in [1.54, 1.807) is 7.11 Å². The van der Waals surface area contributed by atoms with Crippen LogP contribution in [0.25, 0.3) is 0 Å². The molecule has 0 amide bonds. The maximum Gasteiger partial charge on any atom is 0.238 e. The fraction of sp³-hybridized carbons (Fsp3) is 1.00. The topological polar surface area (TPSA) is 36.9 Å². The van der Waals surface area contributed by atoms with E-state index in [1.807, 2.05) is 0 Å². The highest BCUT2D eigenvalue weighted by atomic mass is 28.4. The molecular weight excluding hydrogens is 396 g/mol. The first-order valence-electron chi connectivity index (χ1n) is 11.6. The summed E-state index contributed by atoms with van der Waals surface area (Å²) in [5.74, 6) is 0. The van der Waals surface area contributed by atoms with Crippen molar-refractivity contribution in [2.45, 2.75) is 129 Å². The highest BCUT2D eigenvalue weighted by Crippen LogP contribution is 2.48. The van der Waals surface area contributed by atoms with Gasteiger partial charge in [0.1, 0.15) is 0 Å². The van der Waals surface area contributed by atoms with Crippen LogP contribution in [0.3, 0.4) is 0 Å². The molecule has 0 radical (unpaired) electrons. The molecule has 0 aromatic rings. The maximum atomic E-state index is 6.28. The normalized spacial score (nSPS) is 16.1. The zero-order chi connectivity index (χ0) is 22.9. The van der Waals surface area contributed by atoms with Crippen LogP contribution in [0, 0.1) is 0 Å². The number of methoxy groups -OCH3 is 1. The van der Waals surface area contributed by atoms with E-state index in [9.17, 15) is 0 Å². The molecule has 0 bridgehead atoms. The summed E-state index contributed by atoms with van der Waals surface area (Å²) in [5.41, 5.74) is 0.376. The van der Waals surface area contributed by atoms with Crippen LogP contribution in [-0.2, 0) is 18.9 Å². The van der Waals surface area contributed by atoms with Crippen molar-refractivity contribution in [2.24, 2.45) is 0 Å². The third-order valence-corrected chi connectivity index (χ3v) is 17.7. The van der Waals surface area contributed by atoms with Gasteiger partial charge >= 0.3 is 0 Å². The first-order chi connectivity index (χ1) is 13.1. The first kappa shape index (κ1) is 29.3. The SMILES string of the molecule is CCCCCCC(C(OCCOC)OO[Si](C)(C)C(C)(C)C)[Si](C)(C)C(C)(C)C. The maximum absolute atomic E-state index is 6.28. The van der Waals surface area contributed by atoms with Crippen molar-refractivity contribution in [2.75, 3.05) is 20.3 Å². The summed E-state index contributed by atoms with van der Waals surface area (Å²) in [6.07, 6.45) is 5.84. The lowest BCUT2D eigenvalue weighted by molar-refractivity contribution is -0.332. The minimum absolute atomic E-state index is 0.0949. The Balaban J connectivity index is 5.62. The third kappa shape index (κ3) is 9.52. The van der Waals surface area contributed by atoms with Crippen molar-refractivity contribution in [3.63, 3.8) is 0 Å². The molecule has 0 spiro atoms. The van der Waals surface area contributed by atoms with Gasteiger partial charge in [-0.15, -0.1) is 0 Å². The Bertz CT molecular complexity index is 439. The average Bonchev–Trinajstić information content (AvgIpc) is 2.56. The minimum Gasteiger partial charge on any atom is -0.382 e. The van der Waals surface area contributed by atoms with Gasteiger partial charge in [-0.25, -0.2) is 4.89 Å². The number of unbranched alkanes of at least 4 members (excludes halogenated alkanes) is 3. The molecule has 0 aromatic heterocycles. The van der Waals surface area contributed by atoms with Crippen LogP contribution in [0.1, 0.15) is 80.6 Å². The Morgan fingerprint density at radius 1 is 0.793 bits per heavy atom. The molecule has 2 unspecified atom stereocenters. The Kier molecular flexibility index (Phi) is 12.5. The van der Waals surface area contributed by atoms with Crippen molar-refractivity contribution in [3.05, 3.63) is 0 Å². The van der Waals surface area contributed by atoms with Gasteiger partial charge in [0.05, 0.1) is 21.3 Å². The molecule has 0 saturated heterocycles. The second-order valence-corrected chi connectivity index (χ2v) is 22.0. The summed E-state index contributed by atoms with van der Waals surface area (Å²) < 4.78 is 17.7. The van der Waals surface area contributed by atoms with Crippen LogP contribution < -0.4 is 0 Å². The second kappa shape index (κ2) is 12.3. The second-order valence-electron chi connectivity index (χ2n) is 11.6. The highest BCUT2D eigenvalue weighted by Gasteiger charge is 2.47. The monoisotopic (exact) mass is 448 g/mol. The highest BCUT2D eigenvalue weighted by molar-refractivity contribution is 6.81. The Labute approximate surface area is 184 Å². The quantitative estimate of drug-likeness (QED) is 0.0893. The lowest BCUT2D eigenvalue weighted by Gasteiger charge is -2.46. The Morgan fingerprint density at radius 3 is 1.83 bits per heavy atom. The molecule has 4 nitrogen and oxygen atoms in total. The zero-order valence-electron chi connectivity index (χ0n) is 21.7. The van der Waals surface area contributed by atoms with E-state index in [0.717, 1.165) is 6.42 Å². The summed E-state index contributed by atoms with van der Waals surface area (Å²) in [6, 6.07) is 0. The predicted molar refractivity (Wildman–Crippen MR) is 131 cm³/mol. The molecule has 0 N–H and O–H groups in total. The standard InChI is InChI=1S/C23H52O4Si2/c1-13-14-15-16-17-20(28(9,10)22(2,3)4)21(25-19-18-24-8)26-27-29(11,12)23(5,6)7/h20-21H,13-19H2,1-12H3. The molecule has 0 aliphatic heterocycles. The molecule has 176 valence electrons. The van der Waals surface area contributed by atoms with Gasteiger partial charge in [-0.2, -0.15) is 0 Å². The molecule has 0 saturated carbocycles. The molecule has 0 aliphatic rings. The van der Waals surface area contributed by atoms with Gasteiger partial charge in [0, 0.05) is 12.7 Å². The summed E-state index contributed by atoms with van der Waals surface area (Å²) in [6.45, 7) is 26.6. The number of hydrogen-bond donors (Lipinski definition) is 0. The summed E-state index contributed by atoms with van der Waals surface area (Å²) in [7, 11) is -2.03. The van der Waals surface area contributed by atoms with Crippen LogP contribution in [0.5, 0.6) is 0 Å². The molecule has 0 aliphatic carbocycles. The van der Waals surface area contributed by atoms with Gasteiger partial charge < -0.3 is 9.47 Å². The van der Waals surface area contributed by atoms with Gasteiger partial charge in [0.15, 0.2) is 6.29 Å². The van der Waals surface area contributed by atoms with Crippen LogP contribution in [0.4, 0.5) is 0 Å². The number of ether oxygens (including phenoxy) is 2. The lowest BCUT2D eigenvalue weighted by atomic mass is 10.1. The zero-order valence-corrected chi connectivity index (χ0v) is 23.7. The van der Waals surface area contributed by atoms with E-state index in [2.05, 4.69) is 74.7 Å². The lowest BCUT2D eigenvalue weighted by Crippen LogP contribution is -2.50. The molecule has 29 heavy (non-hydrogen) atoms. The van der Waals surface area contributed by atoms with E-state index in [4.69, 9.17) is 18.9 Å². The average molecular weight is 449 g/mol. The molecule has 6 heteroatoms. The molecule has 0 aromatic carbocycles. The van der Waals surface area contributed by atoms with Gasteiger partial charge in [0.25, 0.3) is 0 Å². The molecule has 0 heterocycles. The van der Waals surface area contributed by atoms with E-state index < -0.39 is 16.4 Å². The third-order valence-electron chi connectivity index (χ3n) is 7.28. The summed E-state index contributed by atoms with van der Waals surface area (Å²) in [5, 5.41) is 0.350. The van der Waals surface area contributed by atoms with Gasteiger partial charge in [0.2, 0.25) is 8.32 Å². The molecular formula is C23H52O4Si2. The van der Waals surface area contributed by atoms with E-state index >= 15 is 0 Å². The minimum atomic E-state index is -2.03. The largest absolute Gasteiger partial charge is 0.382 e. The van der Waals surface area contributed by atoms with Gasteiger partial charge in [-0.3, -0.25) is 4.58 Å². The first-order valence-corrected chi connectivity index (χ1v) is 17.6. The van der Waals surface area contributed by atoms with Crippen molar-refractivity contribution in [1.82, 2.24) is 0 Å². The van der Waals surface area contributed by atoms with E-state index in [1.165, 1.54) is 25.7 Å². The van der Waals surface area contributed by atoms with Gasteiger partial charge in [-0.1, -0.05) is 87.2 Å². The Hall–Kier alpha value is 0.274. The Morgan fingerprint density at radius 2 is 1.38 bits per heavy atom. The summed E-state index contributed by atoms with van der Waals surface area (Å²) >= 11 is 0. The van der Waals surface area contributed by atoms with Crippen LogP contribution in [-0.4, -0.2) is 43.0 Å². The van der Waals surface area contributed by atoms with Crippen LogP contribution in [0.2, 0.25) is 41.8 Å². The fourth-order valence-electron chi connectivity index (χ4n) is 2.94. The van der Waals surface area contributed by atoms with Crippen molar-refractivity contribution in [1.29, 1.82) is 0 Å². The molecule has 0 fully saturated rings.